The number of nitrogens with zero attached hydrogens (tertiary/aromatic N) is 1. The van der Waals surface area contributed by atoms with Crippen LogP contribution in [0.1, 0.15) is 24.0 Å². The monoisotopic (exact) mass is 367 g/mol. The number of benzene rings is 1. The molecule has 130 valence electrons. The van der Waals surface area contributed by atoms with Crippen molar-refractivity contribution < 1.29 is 9.53 Å². The zero-order valence-electron chi connectivity index (χ0n) is 13.8. The fourth-order valence-corrected chi connectivity index (χ4v) is 3.45. The summed E-state index contributed by atoms with van der Waals surface area (Å²) in [7, 11) is 0. The van der Waals surface area contributed by atoms with Gasteiger partial charge in [-0.05, 0) is 32.3 Å². The normalized spacial score (nSPS) is 16.3. The van der Waals surface area contributed by atoms with Gasteiger partial charge in [0.1, 0.15) is 5.54 Å². The Bertz CT molecular complexity index is 726. The van der Waals surface area contributed by atoms with Crippen LogP contribution in [0.4, 0.5) is 5.13 Å². The molecule has 1 fully saturated rings. The number of anilines is 1. The highest BCUT2D eigenvalue weighted by Gasteiger charge is 2.36. The highest BCUT2D eigenvalue weighted by molar-refractivity contribution is 7.14. The highest BCUT2D eigenvalue weighted by Crippen LogP contribution is 2.29. The van der Waals surface area contributed by atoms with Crippen LogP contribution in [-0.4, -0.2) is 29.6 Å². The lowest BCUT2D eigenvalue weighted by atomic mass is 9.90. The van der Waals surface area contributed by atoms with E-state index in [0.717, 1.165) is 11.3 Å². The molecule has 0 atom stereocenters. The quantitative estimate of drug-likeness (QED) is 0.872. The van der Waals surface area contributed by atoms with Crippen molar-refractivity contribution in [3.8, 4) is 11.3 Å². The summed E-state index contributed by atoms with van der Waals surface area (Å²) in [5, 5.41) is 5.40. The van der Waals surface area contributed by atoms with Gasteiger partial charge in [-0.25, -0.2) is 4.98 Å². The van der Waals surface area contributed by atoms with Crippen molar-refractivity contribution >= 4 is 34.8 Å². The van der Waals surface area contributed by atoms with Gasteiger partial charge in [0.2, 0.25) is 5.91 Å². The second-order valence-electron chi connectivity index (χ2n) is 6.08. The molecule has 1 amide bonds. The average molecular weight is 368 g/mol. The van der Waals surface area contributed by atoms with E-state index >= 15 is 0 Å². The van der Waals surface area contributed by atoms with Gasteiger partial charge in [-0.1, -0.05) is 23.8 Å². The van der Waals surface area contributed by atoms with Gasteiger partial charge < -0.3 is 15.8 Å². The number of hydrogen-bond donors (Lipinski definition) is 2. The first-order valence-corrected chi connectivity index (χ1v) is 8.57. The first kappa shape index (κ1) is 18.9. The van der Waals surface area contributed by atoms with Gasteiger partial charge in [-0.15, -0.1) is 23.7 Å². The number of thiazole rings is 1. The smallest absolute Gasteiger partial charge is 0.246 e. The third-order valence-electron chi connectivity index (χ3n) is 4.22. The summed E-state index contributed by atoms with van der Waals surface area (Å²) < 4.78 is 5.28. The number of aryl methyl sites for hydroxylation is 2. The third-order valence-corrected chi connectivity index (χ3v) is 4.98. The number of rotatable bonds is 3. The Morgan fingerprint density at radius 1 is 1.33 bits per heavy atom. The van der Waals surface area contributed by atoms with Gasteiger partial charge in [-0.2, -0.15) is 0 Å². The van der Waals surface area contributed by atoms with E-state index < -0.39 is 5.54 Å². The molecule has 1 aliphatic rings. The van der Waals surface area contributed by atoms with Gasteiger partial charge in [-0.3, -0.25) is 4.79 Å². The molecular weight excluding hydrogens is 346 g/mol. The number of amides is 1. The van der Waals surface area contributed by atoms with Crippen LogP contribution in [0.3, 0.4) is 0 Å². The number of nitrogens with one attached hydrogen (secondary N) is 1. The molecule has 0 radical (unpaired) electrons. The molecule has 7 heteroatoms. The Morgan fingerprint density at radius 2 is 2.04 bits per heavy atom. The molecule has 0 aliphatic carbocycles. The predicted molar refractivity (Wildman–Crippen MR) is 99.9 cm³/mol. The van der Waals surface area contributed by atoms with Crippen LogP contribution in [0.5, 0.6) is 0 Å². The van der Waals surface area contributed by atoms with Crippen LogP contribution in [-0.2, 0) is 9.53 Å². The maximum absolute atomic E-state index is 12.4. The molecule has 1 aromatic carbocycles. The zero-order valence-corrected chi connectivity index (χ0v) is 15.4. The van der Waals surface area contributed by atoms with Gasteiger partial charge in [0.25, 0.3) is 0 Å². The standard InChI is InChI=1S/C17H21N3O2S.ClH/c1-11-3-4-13(12(2)9-11)14-10-23-16(19-14)20-15(21)17(18)5-7-22-8-6-17;/h3-4,9-10H,5-8,18H2,1-2H3,(H,19,20,21);1H. The number of hydrogen-bond acceptors (Lipinski definition) is 5. The van der Waals surface area contributed by atoms with Crippen molar-refractivity contribution in [3.05, 3.63) is 34.7 Å². The maximum atomic E-state index is 12.4. The van der Waals surface area contributed by atoms with E-state index in [0.29, 0.717) is 31.2 Å². The molecule has 3 rings (SSSR count). The lowest BCUT2D eigenvalue weighted by Gasteiger charge is -2.31. The molecule has 0 bridgehead atoms. The van der Waals surface area contributed by atoms with E-state index in [4.69, 9.17) is 10.5 Å². The molecule has 0 saturated carbocycles. The summed E-state index contributed by atoms with van der Waals surface area (Å²) in [6, 6.07) is 6.26. The lowest BCUT2D eigenvalue weighted by Crippen LogP contribution is -2.54. The molecule has 2 heterocycles. The molecule has 0 spiro atoms. The largest absolute Gasteiger partial charge is 0.381 e. The maximum Gasteiger partial charge on any atom is 0.246 e. The summed E-state index contributed by atoms with van der Waals surface area (Å²) >= 11 is 1.42. The Balaban J connectivity index is 0.00000208. The summed E-state index contributed by atoms with van der Waals surface area (Å²) in [4.78, 5) is 17.0. The van der Waals surface area contributed by atoms with Crippen molar-refractivity contribution in [1.29, 1.82) is 0 Å². The number of aromatic nitrogens is 1. The predicted octanol–water partition coefficient (Wildman–Crippen LogP) is 3.30. The Hall–Kier alpha value is -1.47. The van der Waals surface area contributed by atoms with Crippen molar-refractivity contribution in [1.82, 2.24) is 4.98 Å². The fourth-order valence-electron chi connectivity index (χ4n) is 2.74. The average Bonchev–Trinajstić information content (AvgIpc) is 2.96. The summed E-state index contributed by atoms with van der Waals surface area (Å²) in [6.07, 6.45) is 1.07. The first-order valence-electron chi connectivity index (χ1n) is 7.69. The minimum absolute atomic E-state index is 0. The van der Waals surface area contributed by atoms with Gasteiger partial charge in [0.05, 0.1) is 5.69 Å². The topological polar surface area (TPSA) is 77.2 Å². The second-order valence-corrected chi connectivity index (χ2v) is 6.94. The van der Waals surface area contributed by atoms with Crippen molar-refractivity contribution in [2.45, 2.75) is 32.2 Å². The third kappa shape index (κ3) is 3.95. The molecule has 1 saturated heterocycles. The molecule has 3 N–H and O–H groups in total. The number of carbonyl (C=O) groups excluding carboxylic acids is 1. The summed E-state index contributed by atoms with van der Waals surface area (Å²) in [5.74, 6) is -0.178. The van der Waals surface area contributed by atoms with Crippen LogP contribution < -0.4 is 11.1 Å². The molecule has 5 nitrogen and oxygen atoms in total. The fraction of sp³-hybridized carbons (Fsp3) is 0.412. The molecule has 2 aromatic rings. The molecular formula is C17H22ClN3O2S. The van der Waals surface area contributed by atoms with Crippen molar-refractivity contribution in [2.75, 3.05) is 18.5 Å². The van der Waals surface area contributed by atoms with Gasteiger partial charge >= 0.3 is 0 Å². The number of carbonyl (C=O) groups is 1. The Morgan fingerprint density at radius 3 is 2.71 bits per heavy atom. The summed E-state index contributed by atoms with van der Waals surface area (Å²) in [5.41, 5.74) is 9.69. The van der Waals surface area contributed by atoms with Gasteiger partial charge in [0.15, 0.2) is 5.13 Å². The highest BCUT2D eigenvalue weighted by atomic mass is 35.5. The second kappa shape index (κ2) is 7.61. The van der Waals surface area contributed by atoms with Crippen molar-refractivity contribution in [3.63, 3.8) is 0 Å². The van der Waals surface area contributed by atoms with Crippen molar-refractivity contribution in [2.24, 2.45) is 5.73 Å². The number of halogens is 1. The van der Waals surface area contributed by atoms with Gasteiger partial charge in [0, 0.05) is 24.2 Å². The van der Waals surface area contributed by atoms with E-state index in [2.05, 4.69) is 42.3 Å². The Kier molecular flexibility index (Phi) is 5.98. The van der Waals surface area contributed by atoms with E-state index in [1.165, 1.54) is 22.5 Å². The Labute approximate surface area is 152 Å². The molecule has 1 aliphatic heterocycles. The first-order chi connectivity index (χ1) is 11.0. The van der Waals surface area contributed by atoms with Crippen LogP contribution >= 0.6 is 23.7 Å². The number of ether oxygens (including phenoxy) is 1. The zero-order chi connectivity index (χ0) is 16.4. The van der Waals surface area contributed by atoms with E-state index in [-0.39, 0.29) is 18.3 Å². The SMILES string of the molecule is Cc1ccc(-c2csc(NC(=O)C3(N)CCOCC3)n2)c(C)c1.Cl. The van der Waals surface area contributed by atoms with Crippen LogP contribution in [0.25, 0.3) is 11.3 Å². The van der Waals surface area contributed by atoms with Crippen LogP contribution in [0, 0.1) is 13.8 Å². The van der Waals surface area contributed by atoms with E-state index in [9.17, 15) is 4.79 Å². The van der Waals surface area contributed by atoms with E-state index in [1.807, 2.05) is 5.38 Å². The van der Waals surface area contributed by atoms with Crippen LogP contribution in [0.15, 0.2) is 23.6 Å². The van der Waals surface area contributed by atoms with E-state index in [1.54, 1.807) is 0 Å². The number of nitrogens with two attached hydrogens (primary N) is 1. The lowest BCUT2D eigenvalue weighted by molar-refractivity contribution is -0.124. The van der Waals surface area contributed by atoms with Crippen LogP contribution in [0.2, 0.25) is 0 Å². The molecule has 24 heavy (non-hydrogen) atoms. The minimum Gasteiger partial charge on any atom is -0.381 e. The summed E-state index contributed by atoms with van der Waals surface area (Å²) in [6.45, 7) is 5.18. The minimum atomic E-state index is -0.857. The molecule has 0 unspecified atom stereocenters. The molecule has 1 aromatic heterocycles.